The van der Waals surface area contributed by atoms with E-state index in [1.807, 2.05) is 0 Å². The summed E-state index contributed by atoms with van der Waals surface area (Å²) in [5.41, 5.74) is 0. The predicted molar refractivity (Wildman–Crippen MR) is 55.6 cm³/mol. The van der Waals surface area contributed by atoms with Crippen LogP contribution in [0.5, 0.6) is 0 Å². The number of nitrogens with zero attached hydrogens (tertiary/aromatic N) is 1. The standard InChI is InChI=1S/C10H15N3O3/c1-15-8-4-9(11-6-8)10(14)12-5-7-2-3-13-16-7/h2-3,8-9,11H,4-6H2,1H3,(H,12,14). The highest BCUT2D eigenvalue weighted by molar-refractivity contribution is 5.82. The molecule has 1 fully saturated rings. The molecule has 6 nitrogen and oxygen atoms in total. The van der Waals surface area contributed by atoms with E-state index in [1.54, 1.807) is 19.4 Å². The van der Waals surface area contributed by atoms with Crippen LogP contribution in [0.15, 0.2) is 16.8 Å². The van der Waals surface area contributed by atoms with Crippen molar-refractivity contribution in [2.75, 3.05) is 13.7 Å². The van der Waals surface area contributed by atoms with E-state index in [9.17, 15) is 4.79 Å². The minimum atomic E-state index is -0.173. The molecule has 0 saturated carbocycles. The van der Waals surface area contributed by atoms with Crippen LogP contribution in [0.25, 0.3) is 0 Å². The molecular formula is C10H15N3O3. The molecule has 6 heteroatoms. The van der Waals surface area contributed by atoms with Gasteiger partial charge in [0.05, 0.1) is 24.9 Å². The van der Waals surface area contributed by atoms with Gasteiger partial charge in [0, 0.05) is 19.7 Å². The molecule has 2 unspecified atom stereocenters. The monoisotopic (exact) mass is 225 g/mol. The Hall–Kier alpha value is -1.40. The highest BCUT2D eigenvalue weighted by Crippen LogP contribution is 2.09. The normalized spacial score (nSPS) is 24.6. The second kappa shape index (κ2) is 5.09. The summed E-state index contributed by atoms with van der Waals surface area (Å²) in [4.78, 5) is 11.7. The molecule has 1 aliphatic rings. The Morgan fingerprint density at radius 1 is 1.81 bits per heavy atom. The van der Waals surface area contributed by atoms with E-state index < -0.39 is 0 Å². The van der Waals surface area contributed by atoms with Crippen LogP contribution in [-0.4, -0.2) is 36.9 Å². The zero-order valence-electron chi connectivity index (χ0n) is 9.10. The summed E-state index contributed by atoms with van der Waals surface area (Å²) in [5.74, 6) is 0.616. The zero-order chi connectivity index (χ0) is 11.4. The number of rotatable bonds is 4. The van der Waals surface area contributed by atoms with Crippen LogP contribution in [0.3, 0.4) is 0 Å². The van der Waals surface area contributed by atoms with Gasteiger partial charge in [0.15, 0.2) is 5.76 Å². The van der Waals surface area contributed by atoms with Gasteiger partial charge in [0.25, 0.3) is 0 Å². The lowest BCUT2D eigenvalue weighted by atomic mass is 10.2. The summed E-state index contributed by atoms with van der Waals surface area (Å²) < 4.78 is 10.0. The Morgan fingerprint density at radius 2 is 2.69 bits per heavy atom. The van der Waals surface area contributed by atoms with Gasteiger partial charge in [-0.2, -0.15) is 0 Å². The first-order valence-corrected chi connectivity index (χ1v) is 5.23. The maximum Gasteiger partial charge on any atom is 0.237 e. The van der Waals surface area contributed by atoms with Gasteiger partial charge in [0.2, 0.25) is 5.91 Å². The first-order valence-electron chi connectivity index (χ1n) is 5.23. The quantitative estimate of drug-likeness (QED) is 0.733. The van der Waals surface area contributed by atoms with Crippen LogP contribution in [0, 0.1) is 0 Å². The molecule has 0 radical (unpaired) electrons. The van der Waals surface area contributed by atoms with Gasteiger partial charge in [-0.25, -0.2) is 0 Å². The fourth-order valence-corrected chi connectivity index (χ4v) is 1.71. The highest BCUT2D eigenvalue weighted by Gasteiger charge is 2.29. The summed E-state index contributed by atoms with van der Waals surface area (Å²) in [6.07, 6.45) is 2.38. The molecule has 2 rings (SSSR count). The van der Waals surface area contributed by atoms with Crippen LogP contribution in [0.4, 0.5) is 0 Å². The van der Waals surface area contributed by atoms with Gasteiger partial charge in [-0.05, 0) is 6.42 Å². The van der Waals surface area contributed by atoms with Gasteiger partial charge in [-0.15, -0.1) is 0 Å². The molecule has 2 atom stereocenters. The summed E-state index contributed by atoms with van der Waals surface area (Å²) >= 11 is 0. The smallest absolute Gasteiger partial charge is 0.237 e. The van der Waals surface area contributed by atoms with Crippen molar-refractivity contribution in [1.82, 2.24) is 15.8 Å². The number of amides is 1. The highest BCUT2D eigenvalue weighted by atomic mass is 16.5. The number of aromatic nitrogens is 1. The molecule has 1 aromatic rings. The van der Waals surface area contributed by atoms with Gasteiger partial charge in [0.1, 0.15) is 0 Å². The molecule has 88 valence electrons. The van der Waals surface area contributed by atoms with Gasteiger partial charge in [-0.1, -0.05) is 5.16 Å². The van der Waals surface area contributed by atoms with Crippen molar-refractivity contribution in [3.05, 3.63) is 18.0 Å². The van der Waals surface area contributed by atoms with Gasteiger partial charge >= 0.3 is 0 Å². The Morgan fingerprint density at radius 3 is 3.31 bits per heavy atom. The molecule has 2 heterocycles. The Labute approximate surface area is 93.3 Å². The lowest BCUT2D eigenvalue weighted by molar-refractivity contribution is -0.123. The lowest BCUT2D eigenvalue weighted by Gasteiger charge is -2.09. The molecule has 0 aliphatic carbocycles. The van der Waals surface area contributed by atoms with Crippen LogP contribution < -0.4 is 10.6 Å². The first-order chi connectivity index (χ1) is 7.79. The van der Waals surface area contributed by atoms with E-state index >= 15 is 0 Å². The molecule has 0 bridgehead atoms. The number of hydrogen-bond donors (Lipinski definition) is 2. The number of methoxy groups -OCH3 is 1. The van der Waals surface area contributed by atoms with Crippen molar-refractivity contribution < 1.29 is 14.1 Å². The number of hydrogen-bond acceptors (Lipinski definition) is 5. The van der Waals surface area contributed by atoms with Crippen molar-refractivity contribution >= 4 is 5.91 Å². The topological polar surface area (TPSA) is 76.4 Å². The van der Waals surface area contributed by atoms with Crippen LogP contribution >= 0.6 is 0 Å². The minimum Gasteiger partial charge on any atom is -0.380 e. The van der Waals surface area contributed by atoms with E-state index in [2.05, 4.69) is 15.8 Å². The number of ether oxygens (including phenoxy) is 1. The summed E-state index contributed by atoms with van der Waals surface area (Å²) in [6.45, 7) is 1.09. The molecule has 2 N–H and O–H groups in total. The van der Waals surface area contributed by atoms with Crippen molar-refractivity contribution in [2.45, 2.75) is 25.1 Å². The number of carbonyl (C=O) groups excluding carboxylic acids is 1. The molecule has 16 heavy (non-hydrogen) atoms. The molecule has 1 saturated heterocycles. The van der Waals surface area contributed by atoms with E-state index in [4.69, 9.17) is 9.26 Å². The molecule has 0 aromatic carbocycles. The fraction of sp³-hybridized carbons (Fsp3) is 0.600. The molecule has 1 aliphatic heterocycles. The fourth-order valence-electron chi connectivity index (χ4n) is 1.71. The zero-order valence-corrected chi connectivity index (χ0v) is 9.10. The second-order valence-corrected chi connectivity index (χ2v) is 3.75. The number of carbonyl (C=O) groups is 1. The molecule has 0 spiro atoms. The maximum absolute atomic E-state index is 11.7. The summed E-state index contributed by atoms with van der Waals surface area (Å²) in [5, 5.41) is 9.45. The van der Waals surface area contributed by atoms with Crippen molar-refractivity contribution in [1.29, 1.82) is 0 Å². The molecule has 1 aromatic heterocycles. The minimum absolute atomic E-state index is 0.0315. The van der Waals surface area contributed by atoms with Gasteiger partial charge in [-0.3, -0.25) is 4.79 Å². The largest absolute Gasteiger partial charge is 0.380 e. The Balaban J connectivity index is 1.76. The Bertz CT molecular complexity index is 339. The van der Waals surface area contributed by atoms with Crippen LogP contribution in [0.1, 0.15) is 12.2 Å². The maximum atomic E-state index is 11.7. The van der Waals surface area contributed by atoms with E-state index in [-0.39, 0.29) is 18.1 Å². The molecular weight excluding hydrogens is 210 g/mol. The lowest BCUT2D eigenvalue weighted by Crippen LogP contribution is -2.39. The van der Waals surface area contributed by atoms with E-state index in [0.29, 0.717) is 18.7 Å². The van der Waals surface area contributed by atoms with Gasteiger partial charge < -0.3 is 19.9 Å². The SMILES string of the molecule is COC1CNC(C(=O)NCc2ccno2)C1. The summed E-state index contributed by atoms with van der Waals surface area (Å²) in [7, 11) is 1.65. The third-order valence-electron chi connectivity index (χ3n) is 2.67. The van der Waals surface area contributed by atoms with E-state index in [0.717, 1.165) is 6.54 Å². The Kier molecular flexibility index (Phi) is 3.53. The second-order valence-electron chi connectivity index (χ2n) is 3.75. The van der Waals surface area contributed by atoms with E-state index in [1.165, 1.54) is 0 Å². The molecule has 1 amide bonds. The average Bonchev–Trinajstić information content (AvgIpc) is 2.96. The predicted octanol–water partition coefficient (Wildman–Crippen LogP) is -0.332. The van der Waals surface area contributed by atoms with Crippen molar-refractivity contribution in [3.63, 3.8) is 0 Å². The third-order valence-corrected chi connectivity index (χ3v) is 2.67. The summed E-state index contributed by atoms with van der Waals surface area (Å²) in [6, 6.07) is 1.55. The van der Waals surface area contributed by atoms with Crippen LogP contribution in [-0.2, 0) is 16.1 Å². The van der Waals surface area contributed by atoms with Crippen molar-refractivity contribution in [2.24, 2.45) is 0 Å². The van der Waals surface area contributed by atoms with Crippen molar-refractivity contribution in [3.8, 4) is 0 Å². The number of nitrogens with one attached hydrogen (secondary N) is 2. The first kappa shape index (κ1) is 11.1. The third kappa shape index (κ3) is 2.59. The average molecular weight is 225 g/mol. The van der Waals surface area contributed by atoms with Crippen LogP contribution in [0.2, 0.25) is 0 Å².